The molecule has 174 valence electrons. The third kappa shape index (κ3) is 5.98. The van der Waals surface area contributed by atoms with Crippen molar-refractivity contribution in [2.24, 2.45) is 0 Å². The maximum absolute atomic E-state index is 13.1. The summed E-state index contributed by atoms with van der Waals surface area (Å²) in [5.74, 6) is 0.491. The molecule has 1 aliphatic heterocycles. The first-order chi connectivity index (χ1) is 15.9. The van der Waals surface area contributed by atoms with Crippen LogP contribution in [0.4, 0.5) is 5.69 Å². The van der Waals surface area contributed by atoms with E-state index in [9.17, 15) is 9.59 Å². The van der Waals surface area contributed by atoms with Crippen molar-refractivity contribution in [3.63, 3.8) is 0 Å². The van der Waals surface area contributed by atoms with Crippen molar-refractivity contribution in [1.29, 1.82) is 0 Å². The van der Waals surface area contributed by atoms with E-state index in [-0.39, 0.29) is 29.9 Å². The number of methoxy groups -OCH3 is 1. The van der Waals surface area contributed by atoms with Gasteiger partial charge in [-0.1, -0.05) is 35.6 Å². The second-order valence-electron chi connectivity index (χ2n) is 6.57. The molecule has 0 unspecified atom stereocenters. The molecular weight excluding hydrogens is 486 g/mol. The van der Waals surface area contributed by atoms with Crippen LogP contribution in [0.2, 0.25) is 5.02 Å². The molecule has 7 nitrogen and oxygen atoms in total. The molecule has 33 heavy (non-hydrogen) atoms. The lowest BCUT2D eigenvalue weighted by atomic mass is 10.1. The molecule has 0 radical (unpaired) electrons. The summed E-state index contributed by atoms with van der Waals surface area (Å²) in [6.45, 7) is 4.12. The third-order valence-corrected chi connectivity index (χ3v) is 5.97. The number of nitrogens with zero attached hydrogens (tertiary/aromatic N) is 1. The number of thioether (sulfide) groups is 1. The Hall–Kier alpha value is -2.75. The van der Waals surface area contributed by atoms with E-state index >= 15 is 0 Å². The molecule has 0 spiro atoms. The van der Waals surface area contributed by atoms with Crippen LogP contribution in [-0.2, 0) is 14.3 Å². The predicted molar refractivity (Wildman–Crippen MR) is 133 cm³/mol. The van der Waals surface area contributed by atoms with Crippen molar-refractivity contribution in [3.8, 4) is 17.2 Å². The highest BCUT2D eigenvalue weighted by Gasteiger charge is 2.33. The van der Waals surface area contributed by atoms with Crippen molar-refractivity contribution in [1.82, 2.24) is 0 Å². The molecule has 0 aromatic heterocycles. The van der Waals surface area contributed by atoms with E-state index in [4.69, 9.17) is 42.8 Å². The maximum Gasteiger partial charge on any atom is 0.344 e. The van der Waals surface area contributed by atoms with Crippen LogP contribution in [0, 0.1) is 0 Å². The molecule has 0 aliphatic carbocycles. The zero-order valence-electron chi connectivity index (χ0n) is 18.3. The summed E-state index contributed by atoms with van der Waals surface area (Å²) >= 11 is 13.0. The predicted octanol–water partition coefficient (Wildman–Crippen LogP) is 5.10. The second kappa shape index (κ2) is 11.4. The Balaban J connectivity index is 1.82. The number of rotatable bonds is 9. The number of carbonyl (C=O) groups is 2. The van der Waals surface area contributed by atoms with Gasteiger partial charge in [0.1, 0.15) is 5.75 Å². The molecule has 2 aromatic carbocycles. The van der Waals surface area contributed by atoms with Crippen LogP contribution in [0.5, 0.6) is 17.2 Å². The second-order valence-corrected chi connectivity index (χ2v) is 8.65. The van der Waals surface area contributed by atoms with Gasteiger partial charge >= 0.3 is 5.97 Å². The number of thiocarbonyl (C=S) groups is 1. The fraction of sp³-hybridized carbons (Fsp3) is 0.261. The lowest BCUT2D eigenvalue weighted by Gasteiger charge is -2.15. The third-order valence-electron chi connectivity index (χ3n) is 4.39. The molecule has 10 heteroatoms. The number of benzene rings is 2. The van der Waals surface area contributed by atoms with Crippen molar-refractivity contribution >= 4 is 63.5 Å². The minimum absolute atomic E-state index is 0.214. The number of halogens is 1. The summed E-state index contributed by atoms with van der Waals surface area (Å²) in [6.07, 6.45) is 1.68. The van der Waals surface area contributed by atoms with Crippen molar-refractivity contribution < 1.29 is 28.5 Å². The Morgan fingerprint density at radius 1 is 1.15 bits per heavy atom. The van der Waals surface area contributed by atoms with E-state index in [0.29, 0.717) is 38.6 Å². The van der Waals surface area contributed by atoms with Gasteiger partial charge in [-0.2, -0.15) is 0 Å². The standard InChI is InChI=1S/C23H22ClNO6S2/c1-4-29-16-8-6-15(7-9-16)25-22(27)19(33-23(25)32)12-14-10-17(24)21(18(11-14)28-3)31-13-20(26)30-5-2/h6-12H,4-5,13H2,1-3H3/b19-12-. The molecule has 2 aromatic rings. The molecule has 1 amide bonds. The zero-order valence-corrected chi connectivity index (χ0v) is 20.6. The summed E-state index contributed by atoms with van der Waals surface area (Å²) in [7, 11) is 1.46. The van der Waals surface area contributed by atoms with E-state index in [1.165, 1.54) is 23.8 Å². The number of ether oxygens (including phenoxy) is 4. The number of carbonyl (C=O) groups excluding carboxylic acids is 2. The fourth-order valence-electron chi connectivity index (χ4n) is 3.00. The summed E-state index contributed by atoms with van der Waals surface area (Å²) in [5.41, 5.74) is 1.27. The first-order valence-corrected chi connectivity index (χ1v) is 11.6. The van der Waals surface area contributed by atoms with Crippen molar-refractivity contribution in [2.45, 2.75) is 13.8 Å². The molecule has 3 rings (SSSR count). The van der Waals surface area contributed by atoms with E-state index in [1.807, 2.05) is 6.92 Å². The van der Waals surface area contributed by atoms with Crippen LogP contribution >= 0.6 is 35.6 Å². The molecule has 1 aliphatic rings. The summed E-state index contributed by atoms with van der Waals surface area (Å²) in [4.78, 5) is 26.5. The minimum atomic E-state index is -0.516. The highest BCUT2D eigenvalue weighted by Crippen LogP contribution is 2.40. The molecule has 0 saturated carbocycles. The summed E-state index contributed by atoms with van der Waals surface area (Å²) in [5, 5.41) is 0.229. The Labute approximate surface area is 206 Å². The van der Waals surface area contributed by atoms with Gasteiger partial charge in [0, 0.05) is 0 Å². The number of hydrogen-bond acceptors (Lipinski definition) is 8. The summed E-state index contributed by atoms with van der Waals surface area (Å²) < 4.78 is 21.6. The smallest absolute Gasteiger partial charge is 0.344 e. The van der Waals surface area contributed by atoms with E-state index in [0.717, 1.165) is 0 Å². The van der Waals surface area contributed by atoms with E-state index < -0.39 is 5.97 Å². The van der Waals surface area contributed by atoms with Gasteiger partial charge in [-0.05, 0) is 61.9 Å². The minimum Gasteiger partial charge on any atom is -0.494 e. The average Bonchev–Trinajstić information content (AvgIpc) is 3.06. The Bertz CT molecular complexity index is 1090. The normalized spacial score (nSPS) is 14.5. The fourth-order valence-corrected chi connectivity index (χ4v) is 4.57. The molecule has 1 saturated heterocycles. The average molecular weight is 508 g/mol. The molecule has 1 heterocycles. The number of esters is 1. The van der Waals surface area contributed by atoms with Gasteiger partial charge in [-0.3, -0.25) is 9.69 Å². The Morgan fingerprint density at radius 2 is 1.88 bits per heavy atom. The van der Waals surface area contributed by atoms with Gasteiger partial charge in [0.05, 0.1) is 35.9 Å². The van der Waals surface area contributed by atoms with Gasteiger partial charge in [-0.15, -0.1) is 0 Å². The number of amides is 1. The highest BCUT2D eigenvalue weighted by molar-refractivity contribution is 8.27. The SMILES string of the molecule is CCOC(=O)COc1c(Cl)cc(/C=C2\SC(=S)N(c3ccc(OCC)cc3)C2=O)cc1OC. The van der Waals surface area contributed by atoms with Crippen LogP contribution in [0.1, 0.15) is 19.4 Å². The van der Waals surface area contributed by atoms with Gasteiger partial charge in [0.2, 0.25) is 0 Å². The molecule has 1 fully saturated rings. The molecular formula is C23H22ClNO6S2. The highest BCUT2D eigenvalue weighted by atomic mass is 35.5. The van der Waals surface area contributed by atoms with E-state index in [1.54, 1.807) is 49.4 Å². The lowest BCUT2D eigenvalue weighted by Crippen LogP contribution is -2.27. The topological polar surface area (TPSA) is 74.3 Å². The number of hydrogen-bond donors (Lipinski definition) is 0. The van der Waals surface area contributed by atoms with Gasteiger partial charge < -0.3 is 18.9 Å². The summed E-state index contributed by atoms with van der Waals surface area (Å²) in [6, 6.07) is 10.4. The molecule has 0 atom stereocenters. The largest absolute Gasteiger partial charge is 0.494 e. The van der Waals surface area contributed by atoms with Crippen LogP contribution in [-0.4, -0.2) is 43.1 Å². The lowest BCUT2D eigenvalue weighted by molar-refractivity contribution is -0.145. The Morgan fingerprint density at radius 3 is 2.52 bits per heavy atom. The van der Waals surface area contributed by atoms with Crippen molar-refractivity contribution in [2.75, 3.05) is 31.8 Å². The van der Waals surface area contributed by atoms with Crippen molar-refractivity contribution in [3.05, 3.63) is 51.9 Å². The molecule has 0 N–H and O–H groups in total. The number of anilines is 1. The van der Waals surface area contributed by atoms with E-state index in [2.05, 4.69) is 0 Å². The van der Waals surface area contributed by atoms with Crippen LogP contribution in [0.3, 0.4) is 0 Å². The first-order valence-electron chi connectivity index (χ1n) is 10.0. The monoisotopic (exact) mass is 507 g/mol. The Kier molecular flexibility index (Phi) is 8.60. The quantitative estimate of drug-likeness (QED) is 0.264. The van der Waals surface area contributed by atoms with Crippen LogP contribution in [0.25, 0.3) is 6.08 Å². The first kappa shape index (κ1) is 24.9. The van der Waals surface area contributed by atoms with Crippen LogP contribution < -0.4 is 19.1 Å². The van der Waals surface area contributed by atoms with Gasteiger partial charge in [0.15, 0.2) is 22.4 Å². The van der Waals surface area contributed by atoms with Gasteiger partial charge in [0.25, 0.3) is 5.91 Å². The van der Waals surface area contributed by atoms with Gasteiger partial charge in [-0.25, -0.2) is 4.79 Å². The maximum atomic E-state index is 13.1. The van der Waals surface area contributed by atoms with Crippen LogP contribution in [0.15, 0.2) is 41.3 Å². The zero-order chi connectivity index (χ0) is 24.0. The molecule has 0 bridgehead atoms.